The van der Waals surface area contributed by atoms with Crippen molar-refractivity contribution >= 4 is 43.5 Å². The number of fused-ring (bicyclic) bond motifs is 8. The first kappa shape index (κ1) is 23.2. The van der Waals surface area contributed by atoms with Crippen LogP contribution in [0.3, 0.4) is 0 Å². The fourth-order valence-electron chi connectivity index (χ4n) is 8.88. The molecule has 9 aromatic rings. The Bertz CT molecular complexity index is 2800. The fourth-order valence-corrected chi connectivity index (χ4v) is 8.88. The summed E-state index contributed by atoms with van der Waals surface area (Å²) in [6.45, 7) is 0. The van der Waals surface area contributed by atoms with E-state index < -0.39 is 5.66 Å². The zero-order valence-electron chi connectivity index (χ0n) is 24.6. The topological polar surface area (TPSA) is 26.8 Å². The summed E-state index contributed by atoms with van der Waals surface area (Å²) in [6.07, 6.45) is 6.95. The first-order valence-corrected chi connectivity index (χ1v) is 15.8. The lowest BCUT2D eigenvalue weighted by molar-refractivity contribution is -0.987. The van der Waals surface area contributed by atoms with Gasteiger partial charge in [0.2, 0.25) is 6.20 Å². The molecule has 6 aromatic carbocycles. The SMILES string of the molecule is c1cc2c3c(c1)-n1c4ccccc4c4ccc[n+](c41)C31c3c(cccc3-n3cc(-c4c5ccccc5cc5ccccc45)c[n+]31)O2. The summed E-state index contributed by atoms with van der Waals surface area (Å²) in [4.78, 5) is 0. The molecule has 0 radical (unpaired) electrons. The lowest BCUT2D eigenvalue weighted by Crippen LogP contribution is -2.76. The van der Waals surface area contributed by atoms with Crippen molar-refractivity contribution in [3.05, 3.63) is 157 Å². The third-order valence-corrected chi connectivity index (χ3v) is 10.5. The van der Waals surface area contributed by atoms with Gasteiger partial charge in [-0.05, 0) is 76.1 Å². The summed E-state index contributed by atoms with van der Waals surface area (Å²) in [5.41, 5.74) is 8.71. The van der Waals surface area contributed by atoms with Crippen LogP contribution < -0.4 is 14.0 Å². The summed E-state index contributed by atoms with van der Waals surface area (Å²) in [5.74, 6) is 1.78. The molecule has 46 heavy (non-hydrogen) atoms. The summed E-state index contributed by atoms with van der Waals surface area (Å²) in [5, 5.41) is 7.48. The molecule has 0 aliphatic carbocycles. The molecular weight excluding hydrogens is 564 g/mol. The summed E-state index contributed by atoms with van der Waals surface area (Å²) in [7, 11) is 0. The van der Waals surface area contributed by atoms with Crippen molar-refractivity contribution in [1.29, 1.82) is 0 Å². The third kappa shape index (κ3) is 2.44. The molecule has 0 saturated carbocycles. The van der Waals surface area contributed by atoms with Crippen LogP contribution in [0.4, 0.5) is 0 Å². The van der Waals surface area contributed by atoms with Gasteiger partial charge in [0.1, 0.15) is 28.3 Å². The van der Waals surface area contributed by atoms with Gasteiger partial charge in [-0.1, -0.05) is 77.5 Å². The lowest BCUT2D eigenvalue weighted by atomic mass is 9.84. The van der Waals surface area contributed by atoms with E-state index in [4.69, 9.17) is 4.74 Å². The van der Waals surface area contributed by atoms with Gasteiger partial charge in [0.05, 0.1) is 23.3 Å². The second kappa shape index (κ2) is 7.71. The van der Waals surface area contributed by atoms with Crippen molar-refractivity contribution in [2.24, 2.45) is 0 Å². The summed E-state index contributed by atoms with van der Waals surface area (Å²) in [6, 6.07) is 46.0. The molecule has 3 aliphatic rings. The average Bonchev–Trinajstić information content (AvgIpc) is 3.77. The molecule has 5 nitrogen and oxygen atoms in total. The minimum Gasteiger partial charge on any atom is -0.456 e. The largest absolute Gasteiger partial charge is 0.456 e. The van der Waals surface area contributed by atoms with Crippen LogP contribution in [0.15, 0.2) is 146 Å². The highest BCUT2D eigenvalue weighted by atomic mass is 16.5. The van der Waals surface area contributed by atoms with Crippen molar-refractivity contribution in [1.82, 2.24) is 9.25 Å². The molecule has 0 bridgehead atoms. The molecule has 1 atom stereocenters. The van der Waals surface area contributed by atoms with Gasteiger partial charge in [0.25, 0.3) is 0 Å². The van der Waals surface area contributed by atoms with E-state index in [1.54, 1.807) is 0 Å². The molecule has 0 saturated heterocycles. The Hall–Kier alpha value is -6.20. The third-order valence-electron chi connectivity index (χ3n) is 10.5. The van der Waals surface area contributed by atoms with Gasteiger partial charge in [-0.2, -0.15) is 9.13 Å². The number of nitrogens with zero attached hydrogens (tertiary/aromatic N) is 4. The Morgan fingerprint density at radius 2 is 1.24 bits per heavy atom. The molecule has 12 rings (SSSR count). The normalized spacial score (nSPS) is 16.5. The smallest absolute Gasteiger partial charge is 0.397 e. The second-order valence-electron chi connectivity index (χ2n) is 12.6. The average molecular weight is 589 g/mol. The standard InChI is InChI=1S/C41H24N4O/c1-3-12-28-25(10-1)22-26-11-2-4-13-29(26)37(28)27-23-43-33-17-7-19-35-38(33)41(44(43)24-27)39-34(18-8-20-36(39)46-35)45-32-16-6-5-14-30(32)31-15-9-21-42(41)40(31)45/h1-24H/q+2. The number of hydrogen-bond donors (Lipinski definition) is 0. The molecule has 0 amide bonds. The zero-order chi connectivity index (χ0) is 29.7. The highest BCUT2D eigenvalue weighted by molar-refractivity contribution is 6.12. The molecule has 212 valence electrons. The Kier molecular flexibility index (Phi) is 3.89. The number of aromatic nitrogens is 4. The van der Waals surface area contributed by atoms with Crippen molar-refractivity contribution in [2.45, 2.75) is 5.66 Å². The van der Waals surface area contributed by atoms with Crippen LogP contribution >= 0.6 is 0 Å². The first-order valence-electron chi connectivity index (χ1n) is 15.8. The highest BCUT2D eigenvalue weighted by Crippen LogP contribution is 2.54. The number of ether oxygens (including phenoxy) is 1. The number of pyridine rings is 1. The fraction of sp³-hybridized carbons (Fsp3) is 0.0244. The van der Waals surface area contributed by atoms with E-state index in [0.29, 0.717) is 0 Å². The van der Waals surface area contributed by atoms with Crippen LogP contribution in [-0.2, 0) is 5.66 Å². The quantitative estimate of drug-likeness (QED) is 0.140. The highest BCUT2D eigenvalue weighted by Gasteiger charge is 2.68. The maximum Gasteiger partial charge on any atom is 0.397 e. The van der Waals surface area contributed by atoms with E-state index in [1.807, 2.05) is 0 Å². The number of hydrogen-bond acceptors (Lipinski definition) is 1. The number of rotatable bonds is 1. The second-order valence-corrected chi connectivity index (χ2v) is 12.6. The predicted octanol–water partition coefficient (Wildman–Crippen LogP) is 8.15. The first-order chi connectivity index (χ1) is 22.8. The van der Waals surface area contributed by atoms with Crippen LogP contribution in [0.5, 0.6) is 11.5 Å². The summed E-state index contributed by atoms with van der Waals surface area (Å²) >= 11 is 0. The van der Waals surface area contributed by atoms with Gasteiger partial charge in [-0.15, -0.1) is 4.68 Å². The van der Waals surface area contributed by atoms with Gasteiger partial charge in [-0.3, -0.25) is 0 Å². The van der Waals surface area contributed by atoms with Gasteiger partial charge >= 0.3 is 11.3 Å². The Balaban J connectivity index is 1.29. The Morgan fingerprint density at radius 3 is 2.02 bits per heavy atom. The van der Waals surface area contributed by atoms with Crippen molar-refractivity contribution in [3.63, 3.8) is 0 Å². The van der Waals surface area contributed by atoms with Crippen LogP contribution in [0.25, 0.3) is 66.0 Å². The minimum atomic E-state index is -0.696. The van der Waals surface area contributed by atoms with E-state index in [0.717, 1.165) is 28.4 Å². The Morgan fingerprint density at radius 1 is 0.587 bits per heavy atom. The molecule has 5 heteroatoms. The van der Waals surface area contributed by atoms with Crippen molar-refractivity contribution in [2.75, 3.05) is 0 Å². The molecule has 6 heterocycles. The summed E-state index contributed by atoms with van der Waals surface area (Å²) < 4.78 is 16.5. The van der Waals surface area contributed by atoms with E-state index in [9.17, 15) is 0 Å². The van der Waals surface area contributed by atoms with Gasteiger partial charge < -0.3 is 4.74 Å². The maximum absolute atomic E-state index is 6.79. The van der Waals surface area contributed by atoms with E-state index >= 15 is 0 Å². The van der Waals surface area contributed by atoms with E-state index in [1.165, 1.54) is 60.2 Å². The minimum absolute atomic E-state index is 0.696. The zero-order valence-corrected chi connectivity index (χ0v) is 24.6. The molecule has 0 N–H and O–H groups in total. The van der Waals surface area contributed by atoms with E-state index in [2.05, 4.69) is 164 Å². The molecule has 1 spiro atoms. The lowest BCUT2D eigenvalue weighted by Gasteiger charge is -2.32. The van der Waals surface area contributed by atoms with Crippen molar-refractivity contribution in [3.8, 4) is 34.0 Å². The molecule has 0 fully saturated rings. The molecule has 1 unspecified atom stereocenters. The number of benzene rings is 6. The van der Waals surface area contributed by atoms with Crippen LogP contribution in [-0.4, -0.2) is 9.25 Å². The Labute approximate surface area is 263 Å². The van der Waals surface area contributed by atoms with Crippen molar-refractivity contribution < 1.29 is 14.0 Å². The van der Waals surface area contributed by atoms with Gasteiger partial charge in [0, 0.05) is 10.9 Å². The van der Waals surface area contributed by atoms with Crippen LogP contribution in [0, 0.1) is 0 Å². The monoisotopic (exact) mass is 588 g/mol. The number of para-hydroxylation sites is 1. The van der Waals surface area contributed by atoms with Crippen LogP contribution in [0.2, 0.25) is 0 Å². The maximum atomic E-state index is 6.79. The van der Waals surface area contributed by atoms with E-state index in [-0.39, 0.29) is 0 Å². The van der Waals surface area contributed by atoms with Gasteiger partial charge in [-0.25, -0.2) is 0 Å². The van der Waals surface area contributed by atoms with Gasteiger partial charge in [0.15, 0.2) is 11.3 Å². The predicted molar refractivity (Wildman–Crippen MR) is 179 cm³/mol. The van der Waals surface area contributed by atoms with Crippen LogP contribution in [0.1, 0.15) is 11.1 Å². The molecule has 3 aliphatic heterocycles. The molecule has 3 aromatic heterocycles. The molecular formula is C41H24N4O+2.